The maximum atomic E-state index is 13.7. The fraction of sp³-hybridized carbons (Fsp3) is 0.353. The number of hydrogen-bond acceptors (Lipinski definition) is 4. The minimum atomic E-state index is -0.993. The van der Waals surface area contributed by atoms with E-state index in [1.807, 2.05) is 0 Å². The van der Waals surface area contributed by atoms with E-state index < -0.39 is 29.0 Å². The zero-order valence-electron chi connectivity index (χ0n) is 13.9. The van der Waals surface area contributed by atoms with Gasteiger partial charge in [0, 0.05) is 7.97 Å². The van der Waals surface area contributed by atoms with Crippen molar-refractivity contribution in [2.45, 2.75) is 12.8 Å². The highest BCUT2D eigenvalue weighted by Crippen LogP contribution is 2.17. The van der Waals surface area contributed by atoms with Gasteiger partial charge < -0.3 is 16.0 Å². The normalized spacial score (nSPS) is 16.9. The molecule has 0 aliphatic carbocycles. The van der Waals surface area contributed by atoms with Crippen molar-refractivity contribution in [3.05, 3.63) is 47.3 Å². The lowest BCUT2D eigenvalue weighted by atomic mass is 10.00. The molecule has 1 aliphatic rings. The van der Waals surface area contributed by atoms with Gasteiger partial charge in [0.05, 0.1) is 11.9 Å². The molecule has 1 unspecified atom stereocenters. The number of amides is 2. The molecule has 1 atom stereocenters. The highest BCUT2D eigenvalue weighted by Gasteiger charge is 2.22. The third-order valence-corrected chi connectivity index (χ3v) is 4.25. The Labute approximate surface area is 150 Å². The van der Waals surface area contributed by atoms with Gasteiger partial charge in [-0.15, -0.1) is 0 Å². The lowest BCUT2D eigenvalue weighted by Crippen LogP contribution is -2.38. The topological polar surface area (TPSA) is 98.9 Å². The number of halogens is 2. The Hall–Kier alpha value is -2.81. The van der Waals surface area contributed by atoms with E-state index in [0.29, 0.717) is 12.5 Å². The first-order valence-corrected chi connectivity index (χ1v) is 8.34. The van der Waals surface area contributed by atoms with Crippen molar-refractivity contribution in [1.29, 1.82) is 0 Å². The summed E-state index contributed by atoms with van der Waals surface area (Å²) in [6.07, 6.45) is 3.29. The van der Waals surface area contributed by atoms with Crippen LogP contribution in [0.5, 0.6) is 0 Å². The van der Waals surface area contributed by atoms with Gasteiger partial charge in [-0.25, -0.2) is 8.78 Å². The molecule has 3 rings (SSSR count). The minimum absolute atomic E-state index is 0. The standard InChI is InChI=1S/C17H19F2N5O2.H2/c18-11-4-1-5-12(19)14(11)16(25)23-13-9-22-24-15(13)17(26)21-8-10-3-2-6-20-7-10;/h1,4-5,9-10,20H,2-3,6-8H2,(H,21,26)(H,22,24)(H,23,25);1H. The molecule has 1 saturated heterocycles. The summed E-state index contributed by atoms with van der Waals surface area (Å²) in [6, 6.07) is 3.14. The molecule has 1 aliphatic heterocycles. The van der Waals surface area contributed by atoms with Crippen molar-refractivity contribution in [2.24, 2.45) is 5.92 Å². The lowest BCUT2D eigenvalue weighted by molar-refractivity contribution is 0.0940. The van der Waals surface area contributed by atoms with Crippen molar-refractivity contribution in [1.82, 2.24) is 20.8 Å². The number of carbonyl (C=O) groups is 2. The number of benzene rings is 1. The van der Waals surface area contributed by atoms with Crippen LogP contribution in [0, 0.1) is 17.6 Å². The monoisotopic (exact) mass is 365 g/mol. The average molecular weight is 365 g/mol. The molecule has 2 aromatic rings. The third kappa shape index (κ3) is 4.05. The van der Waals surface area contributed by atoms with E-state index in [4.69, 9.17) is 0 Å². The molecule has 0 spiro atoms. The van der Waals surface area contributed by atoms with Gasteiger partial charge in [-0.05, 0) is 44.0 Å². The fourth-order valence-electron chi connectivity index (χ4n) is 2.88. The molecule has 2 amide bonds. The van der Waals surface area contributed by atoms with Crippen LogP contribution in [0.15, 0.2) is 24.4 Å². The fourth-order valence-corrected chi connectivity index (χ4v) is 2.88. The summed E-state index contributed by atoms with van der Waals surface area (Å²) in [5, 5.41) is 14.6. The van der Waals surface area contributed by atoms with Crippen molar-refractivity contribution in [3.63, 3.8) is 0 Å². The van der Waals surface area contributed by atoms with Crippen LogP contribution in [-0.2, 0) is 0 Å². The molecule has 1 fully saturated rings. The van der Waals surface area contributed by atoms with E-state index in [9.17, 15) is 18.4 Å². The van der Waals surface area contributed by atoms with Gasteiger partial charge in [-0.1, -0.05) is 6.07 Å². The Kier molecular flexibility index (Phi) is 5.57. The van der Waals surface area contributed by atoms with E-state index in [1.165, 1.54) is 6.20 Å². The molecule has 1 aromatic heterocycles. The van der Waals surface area contributed by atoms with Crippen molar-refractivity contribution in [2.75, 3.05) is 25.0 Å². The van der Waals surface area contributed by atoms with Crippen LogP contribution in [0.2, 0.25) is 0 Å². The number of H-pyrrole nitrogens is 1. The van der Waals surface area contributed by atoms with Crippen LogP contribution >= 0.6 is 0 Å². The molecular weight excluding hydrogens is 344 g/mol. The predicted molar refractivity (Wildman–Crippen MR) is 92.9 cm³/mol. The molecule has 0 radical (unpaired) electrons. The van der Waals surface area contributed by atoms with Gasteiger partial charge in [-0.3, -0.25) is 14.7 Å². The summed E-state index contributed by atoms with van der Waals surface area (Å²) >= 11 is 0. The van der Waals surface area contributed by atoms with Gasteiger partial charge in [0.15, 0.2) is 0 Å². The van der Waals surface area contributed by atoms with Crippen molar-refractivity contribution >= 4 is 17.5 Å². The largest absolute Gasteiger partial charge is 0.350 e. The number of nitrogens with one attached hydrogen (secondary N) is 4. The predicted octanol–water partition coefficient (Wildman–Crippen LogP) is 1.92. The number of carbonyl (C=O) groups excluding carboxylic acids is 2. The van der Waals surface area contributed by atoms with E-state index in [1.54, 1.807) is 0 Å². The number of piperidine rings is 1. The molecule has 0 bridgehead atoms. The Bertz CT molecular complexity index is 788. The molecule has 7 nitrogen and oxygen atoms in total. The van der Waals surface area contributed by atoms with Crippen LogP contribution in [0.1, 0.15) is 35.1 Å². The zero-order valence-corrected chi connectivity index (χ0v) is 13.9. The van der Waals surface area contributed by atoms with Crippen LogP contribution < -0.4 is 16.0 Å². The second kappa shape index (κ2) is 8.05. The molecule has 4 N–H and O–H groups in total. The van der Waals surface area contributed by atoms with Gasteiger partial charge in [0.2, 0.25) is 0 Å². The maximum absolute atomic E-state index is 13.7. The van der Waals surface area contributed by atoms with Crippen molar-refractivity contribution < 1.29 is 19.8 Å². The van der Waals surface area contributed by atoms with Crippen LogP contribution in [0.4, 0.5) is 14.5 Å². The second-order valence-electron chi connectivity index (χ2n) is 6.13. The maximum Gasteiger partial charge on any atom is 0.271 e. The summed E-state index contributed by atoms with van der Waals surface area (Å²) < 4.78 is 27.4. The highest BCUT2D eigenvalue weighted by atomic mass is 19.1. The molecule has 140 valence electrons. The summed E-state index contributed by atoms with van der Waals surface area (Å²) in [4.78, 5) is 24.5. The Balaban J connectivity index is 0.00000261. The molecule has 1 aromatic carbocycles. The number of hydrogen-bond donors (Lipinski definition) is 4. The number of nitrogens with zero attached hydrogens (tertiary/aromatic N) is 1. The quantitative estimate of drug-likeness (QED) is 0.650. The Morgan fingerprint density at radius 3 is 2.73 bits per heavy atom. The Morgan fingerprint density at radius 2 is 2.04 bits per heavy atom. The van der Waals surface area contributed by atoms with Crippen LogP contribution in [0.3, 0.4) is 0 Å². The highest BCUT2D eigenvalue weighted by molar-refractivity contribution is 6.08. The van der Waals surface area contributed by atoms with Gasteiger partial charge >= 0.3 is 0 Å². The van der Waals surface area contributed by atoms with Gasteiger partial charge in [-0.2, -0.15) is 5.10 Å². The number of aromatic nitrogens is 2. The molecule has 2 heterocycles. The second-order valence-corrected chi connectivity index (χ2v) is 6.13. The van der Waals surface area contributed by atoms with E-state index in [0.717, 1.165) is 44.1 Å². The van der Waals surface area contributed by atoms with Crippen LogP contribution in [-0.4, -0.2) is 41.6 Å². The molecular formula is C17H21F2N5O2. The molecule has 0 saturated carbocycles. The number of anilines is 1. The number of aromatic amines is 1. The third-order valence-electron chi connectivity index (χ3n) is 4.25. The lowest BCUT2D eigenvalue weighted by Gasteiger charge is -2.22. The van der Waals surface area contributed by atoms with Gasteiger partial charge in [0.1, 0.15) is 22.9 Å². The van der Waals surface area contributed by atoms with E-state index >= 15 is 0 Å². The SMILES string of the molecule is O=C(NCC1CCCNC1)c1[nH]ncc1NC(=O)c1c(F)cccc1F.[HH]. The van der Waals surface area contributed by atoms with Gasteiger partial charge in [0.25, 0.3) is 11.8 Å². The van der Waals surface area contributed by atoms with Crippen molar-refractivity contribution in [3.8, 4) is 0 Å². The summed E-state index contributed by atoms with van der Waals surface area (Å²) in [5.74, 6) is -3.07. The first-order chi connectivity index (χ1) is 12.6. The summed E-state index contributed by atoms with van der Waals surface area (Å²) in [6.45, 7) is 2.30. The zero-order chi connectivity index (χ0) is 18.5. The first kappa shape index (κ1) is 18.0. The minimum Gasteiger partial charge on any atom is -0.350 e. The number of rotatable bonds is 5. The first-order valence-electron chi connectivity index (χ1n) is 8.34. The van der Waals surface area contributed by atoms with Crippen LogP contribution in [0.25, 0.3) is 0 Å². The van der Waals surface area contributed by atoms with E-state index in [-0.39, 0.29) is 12.8 Å². The van der Waals surface area contributed by atoms with E-state index in [2.05, 4.69) is 26.1 Å². The Morgan fingerprint density at radius 1 is 1.27 bits per heavy atom. The molecule has 26 heavy (non-hydrogen) atoms. The smallest absolute Gasteiger partial charge is 0.271 e. The summed E-state index contributed by atoms with van der Waals surface area (Å²) in [5.41, 5.74) is -0.635. The average Bonchev–Trinajstić information content (AvgIpc) is 3.08. The molecule has 9 heteroatoms. The summed E-state index contributed by atoms with van der Waals surface area (Å²) in [7, 11) is 0.